The molecule has 21 heavy (non-hydrogen) atoms. The van der Waals surface area contributed by atoms with Crippen LogP contribution in [-0.4, -0.2) is 13.1 Å². The third-order valence-electron chi connectivity index (χ3n) is 3.38. The van der Waals surface area contributed by atoms with E-state index in [4.69, 9.17) is 0 Å². The fourth-order valence-electron chi connectivity index (χ4n) is 2.08. The first-order valence-electron chi connectivity index (χ1n) is 8.39. The van der Waals surface area contributed by atoms with Gasteiger partial charge in [0.1, 0.15) is 0 Å². The number of esters is 1. The van der Waals surface area contributed by atoms with E-state index in [1.54, 1.807) is 6.08 Å². The summed E-state index contributed by atoms with van der Waals surface area (Å²) in [6.45, 7) is 2.26. The van der Waals surface area contributed by atoms with Gasteiger partial charge in [-0.15, -0.1) is 0 Å². The third kappa shape index (κ3) is 16.6. The summed E-state index contributed by atoms with van der Waals surface area (Å²) in [6, 6.07) is 0. The van der Waals surface area contributed by atoms with Crippen molar-refractivity contribution in [1.82, 2.24) is 0 Å². The summed E-state index contributed by atoms with van der Waals surface area (Å²) in [4.78, 5) is 10.8. The SMILES string of the molecule is CCCCCCCCCCC\C=C/C=C/C=C/C(=O)OC. The summed E-state index contributed by atoms with van der Waals surface area (Å²) in [6.07, 6.45) is 24.6. The minimum atomic E-state index is -0.321. The minimum Gasteiger partial charge on any atom is -0.466 e. The molecule has 2 heteroatoms. The Bertz CT molecular complexity index is 314. The van der Waals surface area contributed by atoms with E-state index in [0.29, 0.717) is 0 Å². The van der Waals surface area contributed by atoms with Gasteiger partial charge in [-0.3, -0.25) is 0 Å². The molecule has 0 radical (unpaired) electrons. The molecule has 0 saturated heterocycles. The van der Waals surface area contributed by atoms with Crippen LogP contribution in [0, 0.1) is 0 Å². The van der Waals surface area contributed by atoms with E-state index in [2.05, 4.69) is 17.7 Å². The van der Waals surface area contributed by atoms with Crippen LogP contribution in [0.25, 0.3) is 0 Å². The molecule has 0 saturated carbocycles. The van der Waals surface area contributed by atoms with E-state index in [1.807, 2.05) is 18.2 Å². The molecule has 0 heterocycles. The van der Waals surface area contributed by atoms with Gasteiger partial charge in [0.25, 0.3) is 0 Å². The molecule has 0 amide bonds. The maximum absolute atomic E-state index is 10.8. The zero-order chi connectivity index (χ0) is 15.6. The van der Waals surface area contributed by atoms with Crippen molar-refractivity contribution >= 4 is 5.97 Å². The summed E-state index contributed by atoms with van der Waals surface area (Å²) in [7, 11) is 1.38. The zero-order valence-corrected chi connectivity index (χ0v) is 13.9. The highest BCUT2D eigenvalue weighted by Crippen LogP contribution is 2.10. The quantitative estimate of drug-likeness (QED) is 0.187. The van der Waals surface area contributed by atoms with Gasteiger partial charge in [-0.05, 0) is 12.8 Å². The summed E-state index contributed by atoms with van der Waals surface area (Å²) in [5, 5.41) is 0. The maximum Gasteiger partial charge on any atom is 0.330 e. The summed E-state index contributed by atoms with van der Waals surface area (Å²) >= 11 is 0. The Morgan fingerprint density at radius 1 is 0.810 bits per heavy atom. The molecule has 120 valence electrons. The van der Waals surface area contributed by atoms with Crippen molar-refractivity contribution < 1.29 is 9.53 Å². The lowest BCUT2D eigenvalue weighted by molar-refractivity contribution is -0.134. The fraction of sp³-hybridized carbons (Fsp3) is 0.632. The smallest absolute Gasteiger partial charge is 0.330 e. The number of rotatable bonds is 13. The van der Waals surface area contributed by atoms with Crippen LogP contribution < -0.4 is 0 Å². The van der Waals surface area contributed by atoms with Gasteiger partial charge >= 0.3 is 5.97 Å². The van der Waals surface area contributed by atoms with Crippen LogP contribution in [0.3, 0.4) is 0 Å². The predicted octanol–water partition coefficient (Wildman–Crippen LogP) is 5.75. The third-order valence-corrected chi connectivity index (χ3v) is 3.38. The van der Waals surface area contributed by atoms with Gasteiger partial charge in [-0.25, -0.2) is 4.79 Å². The first-order valence-corrected chi connectivity index (χ1v) is 8.39. The van der Waals surface area contributed by atoms with E-state index in [-0.39, 0.29) is 5.97 Å². The lowest BCUT2D eigenvalue weighted by Crippen LogP contribution is -1.92. The predicted molar refractivity (Wildman–Crippen MR) is 91.3 cm³/mol. The molecule has 0 aliphatic carbocycles. The zero-order valence-electron chi connectivity index (χ0n) is 13.9. The van der Waals surface area contributed by atoms with Crippen molar-refractivity contribution in [3.05, 3.63) is 36.5 Å². The maximum atomic E-state index is 10.8. The molecule has 0 atom stereocenters. The average Bonchev–Trinajstić information content (AvgIpc) is 2.50. The molecule has 0 bridgehead atoms. The van der Waals surface area contributed by atoms with E-state index in [1.165, 1.54) is 71.0 Å². The summed E-state index contributed by atoms with van der Waals surface area (Å²) < 4.78 is 4.49. The highest BCUT2D eigenvalue weighted by atomic mass is 16.5. The molecule has 0 spiro atoms. The largest absolute Gasteiger partial charge is 0.466 e. The molecule has 0 aliphatic heterocycles. The number of ether oxygens (including phenoxy) is 1. The Hall–Kier alpha value is -1.31. The molecule has 0 N–H and O–H groups in total. The second kappa shape index (κ2) is 16.7. The van der Waals surface area contributed by atoms with Crippen LogP contribution in [0.5, 0.6) is 0 Å². The lowest BCUT2D eigenvalue weighted by atomic mass is 10.1. The van der Waals surface area contributed by atoms with Gasteiger partial charge in [0, 0.05) is 6.08 Å². The Kier molecular flexibility index (Phi) is 15.7. The van der Waals surface area contributed by atoms with E-state index >= 15 is 0 Å². The molecule has 0 aromatic heterocycles. The van der Waals surface area contributed by atoms with Crippen LogP contribution in [-0.2, 0) is 9.53 Å². The van der Waals surface area contributed by atoms with Gasteiger partial charge in [0.05, 0.1) is 7.11 Å². The topological polar surface area (TPSA) is 26.3 Å². The molecule has 0 unspecified atom stereocenters. The second-order valence-corrected chi connectivity index (χ2v) is 5.31. The van der Waals surface area contributed by atoms with Crippen molar-refractivity contribution in [2.24, 2.45) is 0 Å². The number of unbranched alkanes of at least 4 members (excludes halogenated alkanes) is 9. The molecule has 0 aromatic rings. The molecular weight excluding hydrogens is 260 g/mol. The minimum absolute atomic E-state index is 0.321. The van der Waals surface area contributed by atoms with Crippen molar-refractivity contribution in [2.45, 2.75) is 71.1 Å². The van der Waals surface area contributed by atoms with E-state index < -0.39 is 0 Å². The number of hydrogen-bond acceptors (Lipinski definition) is 2. The van der Waals surface area contributed by atoms with Crippen LogP contribution >= 0.6 is 0 Å². The van der Waals surface area contributed by atoms with Crippen molar-refractivity contribution in [1.29, 1.82) is 0 Å². The van der Waals surface area contributed by atoms with Crippen LogP contribution in [0.4, 0.5) is 0 Å². The second-order valence-electron chi connectivity index (χ2n) is 5.31. The first kappa shape index (κ1) is 19.7. The van der Waals surface area contributed by atoms with Crippen molar-refractivity contribution in [3.8, 4) is 0 Å². The number of carbonyl (C=O) groups is 1. The van der Waals surface area contributed by atoms with Crippen LogP contribution in [0.1, 0.15) is 71.1 Å². The van der Waals surface area contributed by atoms with Gasteiger partial charge in [-0.2, -0.15) is 0 Å². The normalized spacial score (nSPS) is 11.9. The summed E-state index contributed by atoms with van der Waals surface area (Å²) in [5.41, 5.74) is 0. The van der Waals surface area contributed by atoms with Gasteiger partial charge in [0.15, 0.2) is 0 Å². The van der Waals surface area contributed by atoms with E-state index in [9.17, 15) is 4.79 Å². The highest BCUT2D eigenvalue weighted by molar-refractivity contribution is 5.82. The monoisotopic (exact) mass is 292 g/mol. The Labute approximate surface area is 131 Å². The van der Waals surface area contributed by atoms with Gasteiger partial charge < -0.3 is 4.74 Å². The Morgan fingerprint density at radius 2 is 1.38 bits per heavy atom. The van der Waals surface area contributed by atoms with Crippen molar-refractivity contribution in [2.75, 3.05) is 7.11 Å². The summed E-state index contributed by atoms with van der Waals surface area (Å²) in [5.74, 6) is -0.321. The number of carbonyl (C=O) groups excluding carboxylic acids is 1. The Morgan fingerprint density at radius 3 is 2.00 bits per heavy atom. The van der Waals surface area contributed by atoms with Crippen LogP contribution in [0.2, 0.25) is 0 Å². The fourth-order valence-corrected chi connectivity index (χ4v) is 2.08. The molecule has 2 nitrogen and oxygen atoms in total. The molecule has 0 rings (SSSR count). The van der Waals surface area contributed by atoms with E-state index in [0.717, 1.165) is 6.42 Å². The molecular formula is C19H32O2. The standard InChI is InChI=1S/C19H32O2/c1-3-4-5-6-7-8-9-10-11-12-13-14-15-16-17-18-19(20)21-2/h13-18H,3-12H2,1-2H3/b14-13-,16-15+,18-17+. The van der Waals surface area contributed by atoms with Crippen molar-refractivity contribution in [3.63, 3.8) is 0 Å². The Balaban J connectivity index is 3.31. The number of methoxy groups -OCH3 is 1. The number of allylic oxidation sites excluding steroid dienone is 5. The van der Waals surface area contributed by atoms with Crippen LogP contribution in [0.15, 0.2) is 36.5 Å². The van der Waals surface area contributed by atoms with Gasteiger partial charge in [0.2, 0.25) is 0 Å². The molecule has 0 fully saturated rings. The molecule has 0 aliphatic rings. The van der Waals surface area contributed by atoms with Gasteiger partial charge in [-0.1, -0.05) is 88.7 Å². The average molecular weight is 292 g/mol. The lowest BCUT2D eigenvalue weighted by Gasteiger charge is -2.00. The number of hydrogen-bond donors (Lipinski definition) is 0. The molecule has 0 aromatic carbocycles. The first-order chi connectivity index (χ1) is 10.3. The highest BCUT2D eigenvalue weighted by Gasteiger charge is 1.91.